The number of benzene rings is 2. The van der Waals surface area contributed by atoms with Crippen molar-refractivity contribution >= 4 is 43.2 Å². The fourth-order valence-electron chi connectivity index (χ4n) is 2.48. The SMILES string of the molecule is CCN(CC)S(=O)(=O)c1ccc(CNS(=O)(=O)c2c(Cl)cccc2Cl)cc1. The summed E-state index contributed by atoms with van der Waals surface area (Å²) in [7, 11) is -7.48. The summed E-state index contributed by atoms with van der Waals surface area (Å²) in [6, 6.07) is 10.5. The lowest BCUT2D eigenvalue weighted by Gasteiger charge is -2.18. The Hall–Kier alpha value is -1.16. The average molecular weight is 451 g/mol. The highest BCUT2D eigenvalue weighted by atomic mass is 35.5. The second-order valence-corrected chi connectivity index (χ2v) is 10.1. The molecule has 27 heavy (non-hydrogen) atoms. The predicted molar refractivity (Wildman–Crippen MR) is 107 cm³/mol. The Morgan fingerprint density at radius 3 is 1.89 bits per heavy atom. The van der Waals surface area contributed by atoms with Crippen LogP contribution in [-0.4, -0.2) is 34.2 Å². The Bertz CT molecular complexity index is 983. The van der Waals surface area contributed by atoms with Crippen LogP contribution in [-0.2, 0) is 26.6 Å². The van der Waals surface area contributed by atoms with Crippen LogP contribution < -0.4 is 4.72 Å². The molecule has 0 atom stereocenters. The minimum absolute atomic E-state index is 0.0238. The molecule has 0 aliphatic carbocycles. The monoisotopic (exact) mass is 450 g/mol. The first-order chi connectivity index (χ1) is 12.6. The van der Waals surface area contributed by atoms with Gasteiger partial charge >= 0.3 is 0 Å². The van der Waals surface area contributed by atoms with Crippen LogP contribution in [0.15, 0.2) is 52.3 Å². The summed E-state index contributed by atoms with van der Waals surface area (Å²) in [6.45, 7) is 4.25. The van der Waals surface area contributed by atoms with Gasteiger partial charge in [0.15, 0.2) is 0 Å². The first-order valence-electron chi connectivity index (χ1n) is 8.16. The van der Waals surface area contributed by atoms with E-state index in [9.17, 15) is 16.8 Å². The van der Waals surface area contributed by atoms with E-state index in [1.54, 1.807) is 32.0 Å². The zero-order chi connectivity index (χ0) is 20.2. The summed E-state index contributed by atoms with van der Waals surface area (Å²) in [6.07, 6.45) is 0. The van der Waals surface area contributed by atoms with E-state index >= 15 is 0 Å². The number of rotatable bonds is 8. The Labute approximate surface area is 170 Å². The average Bonchev–Trinajstić information content (AvgIpc) is 2.61. The third-order valence-corrected chi connectivity index (χ3v) is 8.34. The third-order valence-electron chi connectivity index (χ3n) is 3.92. The lowest BCUT2D eigenvalue weighted by atomic mass is 10.2. The molecule has 6 nitrogen and oxygen atoms in total. The van der Waals surface area contributed by atoms with Gasteiger partial charge < -0.3 is 0 Å². The van der Waals surface area contributed by atoms with Crippen molar-refractivity contribution in [3.8, 4) is 0 Å². The number of sulfonamides is 2. The molecular formula is C17H20Cl2N2O4S2. The molecule has 0 aliphatic rings. The maximum Gasteiger partial charge on any atom is 0.243 e. The number of hydrogen-bond donors (Lipinski definition) is 1. The summed E-state index contributed by atoms with van der Waals surface area (Å²) in [4.78, 5) is -0.0268. The van der Waals surface area contributed by atoms with Gasteiger partial charge in [0.25, 0.3) is 0 Å². The van der Waals surface area contributed by atoms with Gasteiger partial charge in [-0.1, -0.05) is 55.2 Å². The molecule has 10 heteroatoms. The van der Waals surface area contributed by atoms with Gasteiger partial charge in [0, 0.05) is 19.6 Å². The fraction of sp³-hybridized carbons (Fsp3) is 0.294. The van der Waals surface area contributed by atoms with Crippen LogP contribution in [0.3, 0.4) is 0 Å². The van der Waals surface area contributed by atoms with Gasteiger partial charge in [0.1, 0.15) is 4.90 Å². The van der Waals surface area contributed by atoms with Crippen molar-refractivity contribution in [2.45, 2.75) is 30.2 Å². The van der Waals surface area contributed by atoms with Crippen molar-refractivity contribution in [3.05, 3.63) is 58.1 Å². The van der Waals surface area contributed by atoms with Crippen LogP contribution in [0.4, 0.5) is 0 Å². The minimum Gasteiger partial charge on any atom is -0.207 e. The number of halogens is 2. The molecule has 0 saturated carbocycles. The molecule has 0 heterocycles. The smallest absolute Gasteiger partial charge is 0.207 e. The van der Waals surface area contributed by atoms with Crippen LogP contribution >= 0.6 is 23.2 Å². The van der Waals surface area contributed by atoms with Crippen LogP contribution in [0.25, 0.3) is 0 Å². The Balaban J connectivity index is 2.18. The van der Waals surface area contributed by atoms with Gasteiger partial charge in [-0.05, 0) is 29.8 Å². The molecule has 0 saturated heterocycles. The van der Waals surface area contributed by atoms with E-state index in [-0.39, 0.29) is 26.4 Å². The number of hydrogen-bond acceptors (Lipinski definition) is 4. The largest absolute Gasteiger partial charge is 0.243 e. The van der Waals surface area contributed by atoms with Crippen LogP contribution in [0.5, 0.6) is 0 Å². The van der Waals surface area contributed by atoms with Gasteiger partial charge in [-0.2, -0.15) is 4.31 Å². The first-order valence-corrected chi connectivity index (χ1v) is 11.8. The van der Waals surface area contributed by atoms with Crippen molar-refractivity contribution in [1.82, 2.24) is 9.03 Å². The Morgan fingerprint density at radius 2 is 1.41 bits per heavy atom. The van der Waals surface area contributed by atoms with E-state index < -0.39 is 20.0 Å². The maximum absolute atomic E-state index is 12.5. The van der Waals surface area contributed by atoms with E-state index in [1.165, 1.54) is 28.6 Å². The maximum atomic E-state index is 12.5. The lowest BCUT2D eigenvalue weighted by Crippen LogP contribution is -2.30. The van der Waals surface area contributed by atoms with Gasteiger partial charge in [0.2, 0.25) is 20.0 Å². The molecule has 0 aliphatic heterocycles. The highest BCUT2D eigenvalue weighted by molar-refractivity contribution is 7.89. The van der Waals surface area contributed by atoms with Crippen LogP contribution in [0.1, 0.15) is 19.4 Å². The minimum atomic E-state index is -3.92. The van der Waals surface area contributed by atoms with Crippen molar-refractivity contribution in [3.63, 3.8) is 0 Å². The van der Waals surface area contributed by atoms with E-state index in [2.05, 4.69) is 4.72 Å². The van der Waals surface area contributed by atoms with Crippen LogP contribution in [0, 0.1) is 0 Å². The van der Waals surface area contributed by atoms with E-state index in [4.69, 9.17) is 23.2 Å². The molecule has 0 amide bonds. The van der Waals surface area contributed by atoms with Gasteiger partial charge in [-0.3, -0.25) is 0 Å². The molecule has 1 N–H and O–H groups in total. The molecule has 0 fully saturated rings. The summed E-state index contributed by atoms with van der Waals surface area (Å²) in [5.74, 6) is 0. The molecule has 2 aromatic rings. The highest BCUT2D eigenvalue weighted by Crippen LogP contribution is 2.28. The summed E-state index contributed by atoms with van der Waals surface area (Å²) >= 11 is 11.9. The molecule has 2 aromatic carbocycles. The van der Waals surface area contributed by atoms with Crippen molar-refractivity contribution in [2.75, 3.05) is 13.1 Å². The Kier molecular flexibility index (Phi) is 7.29. The van der Waals surface area contributed by atoms with E-state index in [0.29, 0.717) is 18.7 Å². The quantitative estimate of drug-likeness (QED) is 0.666. The fourth-order valence-corrected chi connectivity index (χ4v) is 6.10. The molecule has 0 bridgehead atoms. The first kappa shape index (κ1) is 22.1. The Morgan fingerprint density at radius 1 is 0.889 bits per heavy atom. The molecule has 0 radical (unpaired) electrons. The lowest BCUT2D eigenvalue weighted by molar-refractivity contribution is 0.445. The molecule has 148 valence electrons. The zero-order valence-corrected chi connectivity index (χ0v) is 18.0. The summed E-state index contributed by atoms with van der Waals surface area (Å²) < 4.78 is 53.6. The number of nitrogens with zero attached hydrogens (tertiary/aromatic N) is 1. The van der Waals surface area contributed by atoms with Crippen molar-refractivity contribution < 1.29 is 16.8 Å². The molecule has 0 unspecified atom stereocenters. The van der Waals surface area contributed by atoms with Crippen molar-refractivity contribution in [1.29, 1.82) is 0 Å². The van der Waals surface area contributed by atoms with E-state index in [0.717, 1.165) is 0 Å². The van der Waals surface area contributed by atoms with Gasteiger partial charge in [-0.25, -0.2) is 21.6 Å². The second kappa shape index (κ2) is 8.89. The second-order valence-electron chi connectivity index (χ2n) is 5.61. The predicted octanol–water partition coefficient (Wildman–Crippen LogP) is 3.50. The zero-order valence-electron chi connectivity index (χ0n) is 14.8. The number of nitrogens with one attached hydrogen (secondary N) is 1. The van der Waals surface area contributed by atoms with Crippen molar-refractivity contribution in [2.24, 2.45) is 0 Å². The topological polar surface area (TPSA) is 83.6 Å². The van der Waals surface area contributed by atoms with Gasteiger partial charge in [0.05, 0.1) is 14.9 Å². The molecule has 0 aromatic heterocycles. The van der Waals surface area contributed by atoms with Gasteiger partial charge in [-0.15, -0.1) is 0 Å². The normalized spacial score (nSPS) is 12.5. The molecule has 0 spiro atoms. The van der Waals surface area contributed by atoms with E-state index in [1.807, 2.05) is 0 Å². The third kappa shape index (κ3) is 5.01. The summed E-state index contributed by atoms with van der Waals surface area (Å²) in [5.41, 5.74) is 0.597. The standard InChI is InChI=1S/C17H20Cl2N2O4S2/c1-3-21(4-2)27(24,25)14-10-8-13(9-11-14)12-20-26(22,23)17-15(18)6-5-7-16(17)19/h5-11,20H,3-4,12H2,1-2H3. The molecule has 2 rings (SSSR count). The molecular weight excluding hydrogens is 431 g/mol. The van der Waals surface area contributed by atoms with Crippen LogP contribution in [0.2, 0.25) is 10.0 Å². The summed E-state index contributed by atoms with van der Waals surface area (Å²) in [5, 5.41) is 0.0475. The highest BCUT2D eigenvalue weighted by Gasteiger charge is 2.23.